The van der Waals surface area contributed by atoms with Gasteiger partial charge in [0.2, 0.25) is 0 Å². The second-order valence-electron chi connectivity index (χ2n) is 4.99. The molecular formula is C16H13F6N. The Balaban J connectivity index is 2.55. The van der Waals surface area contributed by atoms with Crippen molar-refractivity contribution in [2.75, 3.05) is 6.54 Å². The van der Waals surface area contributed by atoms with Crippen molar-refractivity contribution in [2.45, 2.75) is 18.8 Å². The van der Waals surface area contributed by atoms with E-state index in [9.17, 15) is 26.3 Å². The van der Waals surface area contributed by atoms with Gasteiger partial charge in [-0.05, 0) is 53.9 Å². The first-order valence-electron chi connectivity index (χ1n) is 6.71. The molecule has 2 N–H and O–H groups in total. The predicted octanol–water partition coefficient (Wildman–Crippen LogP) is 4.89. The van der Waals surface area contributed by atoms with Gasteiger partial charge in [-0.1, -0.05) is 18.2 Å². The summed E-state index contributed by atoms with van der Waals surface area (Å²) in [5.74, 6) is 0. The lowest BCUT2D eigenvalue weighted by molar-refractivity contribution is -0.138. The number of alkyl halides is 6. The van der Waals surface area contributed by atoms with Gasteiger partial charge in [-0.15, -0.1) is 0 Å². The predicted molar refractivity (Wildman–Crippen MR) is 74.6 cm³/mol. The highest BCUT2D eigenvalue weighted by Gasteiger charge is 2.32. The molecule has 124 valence electrons. The summed E-state index contributed by atoms with van der Waals surface area (Å²) in [7, 11) is 0. The molecule has 0 saturated heterocycles. The summed E-state index contributed by atoms with van der Waals surface area (Å²) in [6, 6.07) is 7.46. The van der Waals surface area contributed by atoms with E-state index in [0.29, 0.717) is 5.56 Å². The normalized spacial score (nSPS) is 12.5. The summed E-state index contributed by atoms with van der Waals surface area (Å²) in [5.41, 5.74) is 4.49. The highest BCUT2D eigenvalue weighted by Crippen LogP contribution is 2.36. The standard InChI is InChI=1S/C16H13F6N/c17-15(18,19)12-3-1-2-10(8-12)14-5-4-13(16(20,21)22)9-11(14)6-7-23/h1-5,8-9H,6-7,23H2. The second kappa shape index (κ2) is 6.23. The number of halogens is 6. The van der Waals surface area contributed by atoms with E-state index in [1.165, 1.54) is 18.2 Å². The van der Waals surface area contributed by atoms with Crippen molar-refractivity contribution in [2.24, 2.45) is 5.73 Å². The van der Waals surface area contributed by atoms with E-state index in [1.807, 2.05) is 0 Å². The molecule has 0 aromatic heterocycles. The Bertz CT molecular complexity index is 688. The van der Waals surface area contributed by atoms with E-state index in [1.54, 1.807) is 0 Å². The van der Waals surface area contributed by atoms with Crippen LogP contribution in [0.15, 0.2) is 42.5 Å². The second-order valence-corrected chi connectivity index (χ2v) is 4.99. The van der Waals surface area contributed by atoms with E-state index < -0.39 is 23.5 Å². The summed E-state index contributed by atoms with van der Waals surface area (Å²) in [5, 5.41) is 0. The van der Waals surface area contributed by atoms with E-state index in [-0.39, 0.29) is 24.1 Å². The van der Waals surface area contributed by atoms with Gasteiger partial charge in [0, 0.05) is 0 Å². The lowest BCUT2D eigenvalue weighted by Gasteiger charge is -2.15. The molecule has 2 rings (SSSR count). The summed E-state index contributed by atoms with van der Waals surface area (Å²) in [6.45, 7) is 0.0905. The molecular weight excluding hydrogens is 320 g/mol. The smallest absolute Gasteiger partial charge is 0.330 e. The Morgan fingerprint density at radius 1 is 0.783 bits per heavy atom. The molecule has 0 unspecified atom stereocenters. The minimum atomic E-state index is -4.52. The third kappa shape index (κ3) is 4.04. The van der Waals surface area contributed by atoms with Gasteiger partial charge < -0.3 is 5.73 Å². The Kier molecular flexibility index (Phi) is 4.70. The summed E-state index contributed by atoms with van der Waals surface area (Å²) >= 11 is 0. The van der Waals surface area contributed by atoms with Crippen LogP contribution in [0.25, 0.3) is 11.1 Å². The molecule has 0 saturated carbocycles. The first-order valence-corrected chi connectivity index (χ1v) is 6.71. The summed E-state index contributed by atoms with van der Waals surface area (Å²) in [4.78, 5) is 0. The van der Waals surface area contributed by atoms with Crippen molar-refractivity contribution in [3.05, 3.63) is 59.2 Å². The first kappa shape index (κ1) is 17.3. The van der Waals surface area contributed by atoms with Gasteiger partial charge in [0.25, 0.3) is 0 Å². The molecule has 0 amide bonds. The Morgan fingerprint density at radius 2 is 1.39 bits per heavy atom. The van der Waals surface area contributed by atoms with Gasteiger partial charge >= 0.3 is 12.4 Å². The van der Waals surface area contributed by atoms with Crippen LogP contribution in [0.4, 0.5) is 26.3 Å². The molecule has 1 nitrogen and oxygen atoms in total. The van der Waals surface area contributed by atoms with Crippen LogP contribution in [0.5, 0.6) is 0 Å². The van der Waals surface area contributed by atoms with Gasteiger partial charge in [-0.2, -0.15) is 26.3 Å². The first-order chi connectivity index (χ1) is 10.6. The van der Waals surface area contributed by atoms with Crippen LogP contribution in [-0.2, 0) is 18.8 Å². The monoisotopic (exact) mass is 333 g/mol. The number of hydrogen-bond donors (Lipinski definition) is 1. The number of hydrogen-bond acceptors (Lipinski definition) is 1. The van der Waals surface area contributed by atoms with Gasteiger partial charge in [-0.3, -0.25) is 0 Å². The van der Waals surface area contributed by atoms with Gasteiger partial charge in [0.15, 0.2) is 0 Å². The molecule has 0 atom stereocenters. The van der Waals surface area contributed by atoms with Crippen molar-refractivity contribution in [3.8, 4) is 11.1 Å². The average Bonchev–Trinajstić information content (AvgIpc) is 2.46. The third-order valence-corrected chi connectivity index (χ3v) is 3.35. The van der Waals surface area contributed by atoms with Gasteiger partial charge in [-0.25, -0.2) is 0 Å². The van der Waals surface area contributed by atoms with Gasteiger partial charge in [0.1, 0.15) is 0 Å². The molecule has 0 spiro atoms. The number of rotatable bonds is 3. The van der Waals surface area contributed by atoms with Crippen molar-refractivity contribution < 1.29 is 26.3 Å². The van der Waals surface area contributed by atoms with Crippen molar-refractivity contribution >= 4 is 0 Å². The molecule has 2 aromatic rings. The fourth-order valence-electron chi connectivity index (χ4n) is 2.28. The highest BCUT2D eigenvalue weighted by molar-refractivity contribution is 5.69. The van der Waals surface area contributed by atoms with Crippen LogP contribution in [0.1, 0.15) is 16.7 Å². The Labute approximate surface area is 128 Å². The van der Waals surface area contributed by atoms with Crippen LogP contribution < -0.4 is 5.73 Å². The summed E-state index contributed by atoms with van der Waals surface area (Å²) in [6.07, 6.45) is -8.90. The van der Waals surface area contributed by atoms with E-state index in [0.717, 1.165) is 24.3 Å². The van der Waals surface area contributed by atoms with Crippen LogP contribution >= 0.6 is 0 Å². The van der Waals surface area contributed by atoms with Crippen molar-refractivity contribution in [1.29, 1.82) is 0 Å². The fraction of sp³-hybridized carbons (Fsp3) is 0.250. The van der Waals surface area contributed by atoms with Crippen LogP contribution in [-0.4, -0.2) is 6.54 Å². The maximum atomic E-state index is 12.8. The zero-order chi connectivity index (χ0) is 17.3. The van der Waals surface area contributed by atoms with Crippen LogP contribution in [0.2, 0.25) is 0 Å². The molecule has 0 aliphatic heterocycles. The molecule has 23 heavy (non-hydrogen) atoms. The zero-order valence-electron chi connectivity index (χ0n) is 11.8. The van der Waals surface area contributed by atoms with E-state index in [2.05, 4.69) is 0 Å². The van der Waals surface area contributed by atoms with Gasteiger partial charge in [0.05, 0.1) is 11.1 Å². The van der Waals surface area contributed by atoms with Crippen molar-refractivity contribution in [3.63, 3.8) is 0 Å². The Morgan fingerprint density at radius 3 is 1.96 bits per heavy atom. The SMILES string of the molecule is NCCc1cc(C(F)(F)F)ccc1-c1cccc(C(F)(F)F)c1. The minimum absolute atomic E-state index is 0.0905. The highest BCUT2D eigenvalue weighted by atomic mass is 19.4. The largest absolute Gasteiger partial charge is 0.416 e. The topological polar surface area (TPSA) is 26.0 Å². The van der Waals surface area contributed by atoms with E-state index in [4.69, 9.17) is 5.73 Å². The minimum Gasteiger partial charge on any atom is -0.330 e. The quantitative estimate of drug-likeness (QED) is 0.795. The third-order valence-electron chi connectivity index (χ3n) is 3.35. The molecule has 7 heteroatoms. The maximum Gasteiger partial charge on any atom is 0.416 e. The van der Waals surface area contributed by atoms with Crippen LogP contribution in [0.3, 0.4) is 0 Å². The average molecular weight is 333 g/mol. The molecule has 0 aliphatic carbocycles. The summed E-state index contributed by atoms with van der Waals surface area (Å²) < 4.78 is 76.7. The lowest BCUT2D eigenvalue weighted by atomic mass is 9.94. The van der Waals surface area contributed by atoms with Crippen molar-refractivity contribution in [1.82, 2.24) is 0 Å². The molecule has 0 bridgehead atoms. The molecule has 0 radical (unpaired) electrons. The lowest BCUT2D eigenvalue weighted by Crippen LogP contribution is -2.09. The molecule has 0 heterocycles. The maximum absolute atomic E-state index is 12.8. The number of nitrogens with two attached hydrogens (primary N) is 1. The van der Waals surface area contributed by atoms with Crippen LogP contribution in [0, 0.1) is 0 Å². The fourth-order valence-corrected chi connectivity index (χ4v) is 2.28. The van der Waals surface area contributed by atoms with E-state index >= 15 is 0 Å². The molecule has 0 fully saturated rings. The zero-order valence-corrected chi connectivity index (χ0v) is 11.8. The Hall–Kier alpha value is -2.02. The molecule has 0 aliphatic rings. The number of benzene rings is 2. The molecule has 2 aromatic carbocycles.